The van der Waals surface area contributed by atoms with Gasteiger partial charge in [0.1, 0.15) is 0 Å². The first kappa shape index (κ1) is 16.5. The van der Waals surface area contributed by atoms with Crippen LogP contribution in [0.25, 0.3) is 0 Å². The molecule has 1 heterocycles. The highest BCUT2D eigenvalue weighted by Gasteiger charge is 2.18. The van der Waals surface area contributed by atoms with Crippen molar-refractivity contribution in [2.45, 2.75) is 45.8 Å². The molecule has 1 N–H and O–H groups in total. The Labute approximate surface area is 129 Å². The Morgan fingerprint density at radius 3 is 2.62 bits per heavy atom. The summed E-state index contributed by atoms with van der Waals surface area (Å²) in [7, 11) is 1.81. The predicted molar refractivity (Wildman–Crippen MR) is 88.3 cm³/mol. The molecule has 2 rings (SSSR count). The molecule has 0 radical (unpaired) electrons. The van der Waals surface area contributed by atoms with Gasteiger partial charge < -0.3 is 10.1 Å². The van der Waals surface area contributed by atoms with Gasteiger partial charge in [0.25, 0.3) is 0 Å². The SMILES string of the molecule is COCC1CCN(Cc2cccc(CNC(C)C)c2)CC1. The Hall–Kier alpha value is -0.900. The molecule has 0 bridgehead atoms. The summed E-state index contributed by atoms with van der Waals surface area (Å²) in [5, 5.41) is 3.48. The van der Waals surface area contributed by atoms with Crippen molar-refractivity contribution >= 4 is 0 Å². The molecule has 0 amide bonds. The summed E-state index contributed by atoms with van der Waals surface area (Å²) in [6, 6.07) is 9.53. The molecule has 1 aliphatic heterocycles. The van der Waals surface area contributed by atoms with Crippen LogP contribution in [0.1, 0.15) is 37.8 Å². The summed E-state index contributed by atoms with van der Waals surface area (Å²) < 4.78 is 5.27. The third-order valence-corrected chi connectivity index (χ3v) is 4.22. The van der Waals surface area contributed by atoms with Crippen LogP contribution in [0.2, 0.25) is 0 Å². The van der Waals surface area contributed by atoms with Crippen LogP contribution in [0, 0.1) is 5.92 Å². The summed E-state index contributed by atoms with van der Waals surface area (Å²) in [6.07, 6.45) is 2.53. The van der Waals surface area contributed by atoms with E-state index >= 15 is 0 Å². The number of ether oxygens (including phenoxy) is 1. The first-order valence-electron chi connectivity index (χ1n) is 8.20. The second-order valence-electron chi connectivity index (χ2n) is 6.53. The van der Waals surface area contributed by atoms with Crippen molar-refractivity contribution < 1.29 is 4.74 Å². The summed E-state index contributed by atoms with van der Waals surface area (Å²) in [5.41, 5.74) is 2.82. The minimum absolute atomic E-state index is 0.536. The molecule has 1 aliphatic rings. The van der Waals surface area contributed by atoms with E-state index in [2.05, 4.69) is 48.3 Å². The van der Waals surface area contributed by atoms with Crippen molar-refractivity contribution in [2.75, 3.05) is 26.8 Å². The average molecular weight is 290 g/mol. The van der Waals surface area contributed by atoms with Gasteiger partial charge in [-0.25, -0.2) is 0 Å². The lowest BCUT2D eigenvalue weighted by molar-refractivity contribution is 0.0968. The fourth-order valence-electron chi connectivity index (χ4n) is 2.97. The van der Waals surface area contributed by atoms with Crippen molar-refractivity contribution in [2.24, 2.45) is 5.92 Å². The van der Waals surface area contributed by atoms with Crippen molar-refractivity contribution in [1.82, 2.24) is 10.2 Å². The van der Waals surface area contributed by atoms with Crippen molar-refractivity contribution in [3.63, 3.8) is 0 Å². The third-order valence-electron chi connectivity index (χ3n) is 4.22. The Kier molecular flexibility index (Phi) is 6.68. The highest BCUT2D eigenvalue weighted by atomic mass is 16.5. The standard InChI is InChI=1S/C18H30N2O/c1-15(2)19-12-17-5-4-6-18(11-17)13-20-9-7-16(8-10-20)14-21-3/h4-6,11,15-16,19H,7-10,12-14H2,1-3H3. The van der Waals surface area contributed by atoms with Crippen LogP contribution in [0.4, 0.5) is 0 Å². The van der Waals surface area contributed by atoms with Crippen molar-refractivity contribution in [1.29, 1.82) is 0 Å². The molecule has 3 heteroatoms. The number of piperidine rings is 1. The van der Waals surface area contributed by atoms with Gasteiger partial charge in [0, 0.05) is 32.8 Å². The van der Waals surface area contributed by atoms with E-state index in [9.17, 15) is 0 Å². The molecule has 0 spiro atoms. The van der Waals surface area contributed by atoms with E-state index in [-0.39, 0.29) is 0 Å². The summed E-state index contributed by atoms with van der Waals surface area (Å²) in [5.74, 6) is 0.757. The molecular weight excluding hydrogens is 260 g/mol. The number of nitrogens with one attached hydrogen (secondary N) is 1. The number of rotatable bonds is 7. The fourth-order valence-corrected chi connectivity index (χ4v) is 2.97. The minimum atomic E-state index is 0.536. The van der Waals surface area contributed by atoms with Crippen LogP contribution < -0.4 is 5.32 Å². The van der Waals surface area contributed by atoms with Gasteiger partial charge in [-0.3, -0.25) is 4.90 Å². The lowest BCUT2D eigenvalue weighted by Gasteiger charge is -2.31. The summed E-state index contributed by atoms with van der Waals surface area (Å²) in [6.45, 7) is 9.73. The second-order valence-corrected chi connectivity index (χ2v) is 6.53. The number of likely N-dealkylation sites (tertiary alicyclic amines) is 1. The first-order valence-corrected chi connectivity index (χ1v) is 8.20. The lowest BCUT2D eigenvalue weighted by atomic mass is 9.97. The minimum Gasteiger partial charge on any atom is -0.384 e. The van der Waals surface area contributed by atoms with Crippen LogP contribution in [0.3, 0.4) is 0 Å². The number of hydrogen-bond donors (Lipinski definition) is 1. The van der Waals surface area contributed by atoms with Crippen LogP contribution >= 0.6 is 0 Å². The van der Waals surface area contributed by atoms with Crippen LogP contribution in [-0.4, -0.2) is 37.7 Å². The van der Waals surface area contributed by atoms with Crippen molar-refractivity contribution in [3.8, 4) is 0 Å². The Balaban J connectivity index is 1.81. The number of nitrogens with zero attached hydrogens (tertiary/aromatic N) is 1. The van der Waals surface area contributed by atoms with E-state index in [1.807, 2.05) is 7.11 Å². The second kappa shape index (κ2) is 8.52. The van der Waals surface area contributed by atoms with Crippen LogP contribution in [0.15, 0.2) is 24.3 Å². The normalized spacial score (nSPS) is 17.5. The van der Waals surface area contributed by atoms with E-state index in [4.69, 9.17) is 4.74 Å². The van der Waals surface area contributed by atoms with E-state index < -0.39 is 0 Å². The fraction of sp³-hybridized carbons (Fsp3) is 0.667. The molecule has 0 aromatic heterocycles. The molecule has 1 aromatic carbocycles. The van der Waals surface area contributed by atoms with Gasteiger partial charge in [0.2, 0.25) is 0 Å². The molecule has 1 aromatic rings. The predicted octanol–water partition coefficient (Wildman–Crippen LogP) is 3.04. The molecule has 0 aliphatic carbocycles. The molecule has 1 fully saturated rings. The van der Waals surface area contributed by atoms with Gasteiger partial charge in [-0.2, -0.15) is 0 Å². The number of benzene rings is 1. The highest BCUT2D eigenvalue weighted by molar-refractivity contribution is 5.23. The zero-order valence-corrected chi connectivity index (χ0v) is 13.8. The Morgan fingerprint density at radius 1 is 1.24 bits per heavy atom. The van der Waals surface area contributed by atoms with E-state index in [0.29, 0.717) is 6.04 Å². The van der Waals surface area contributed by atoms with E-state index in [0.717, 1.165) is 25.6 Å². The molecule has 0 unspecified atom stereocenters. The monoisotopic (exact) mass is 290 g/mol. The maximum atomic E-state index is 5.27. The maximum absolute atomic E-state index is 5.27. The zero-order valence-electron chi connectivity index (χ0n) is 13.8. The molecule has 3 nitrogen and oxygen atoms in total. The molecule has 21 heavy (non-hydrogen) atoms. The first-order chi connectivity index (χ1) is 10.2. The quantitative estimate of drug-likeness (QED) is 0.835. The van der Waals surface area contributed by atoms with E-state index in [1.165, 1.54) is 37.1 Å². The van der Waals surface area contributed by atoms with Gasteiger partial charge in [-0.05, 0) is 43.0 Å². The summed E-state index contributed by atoms with van der Waals surface area (Å²) >= 11 is 0. The molecule has 0 atom stereocenters. The maximum Gasteiger partial charge on any atom is 0.0491 e. The van der Waals surface area contributed by atoms with Crippen LogP contribution in [0.5, 0.6) is 0 Å². The average Bonchev–Trinajstić information content (AvgIpc) is 2.48. The molecule has 1 saturated heterocycles. The van der Waals surface area contributed by atoms with Gasteiger partial charge >= 0.3 is 0 Å². The largest absolute Gasteiger partial charge is 0.384 e. The molecular formula is C18H30N2O. The lowest BCUT2D eigenvalue weighted by Crippen LogP contribution is -2.34. The third kappa shape index (κ3) is 5.77. The van der Waals surface area contributed by atoms with E-state index in [1.54, 1.807) is 0 Å². The number of hydrogen-bond acceptors (Lipinski definition) is 3. The Morgan fingerprint density at radius 2 is 1.95 bits per heavy atom. The molecule has 118 valence electrons. The van der Waals surface area contributed by atoms with Crippen molar-refractivity contribution in [3.05, 3.63) is 35.4 Å². The van der Waals surface area contributed by atoms with Crippen LogP contribution in [-0.2, 0) is 17.8 Å². The topological polar surface area (TPSA) is 24.5 Å². The highest BCUT2D eigenvalue weighted by Crippen LogP contribution is 2.19. The van der Waals surface area contributed by atoms with Gasteiger partial charge in [-0.15, -0.1) is 0 Å². The Bertz CT molecular complexity index is 411. The van der Waals surface area contributed by atoms with Gasteiger partial charge in [0.15, 0.2) is 0 Å². The summed E-state index contributed by atoms with van der Waals surface area (Å²) in [4.78, 5) is 2.57. The van der Waals surface area contributed by atoms with Gasteiger partial charge in [0.05, 0.1) is 0 Å². The smallest absolute Gasteiger partial charge is 0.0491 e. The molecule has 0 saturated carbocycles. The zero-order chi connectivity index (χ0) is 15.1. The van der Waals surface area contributed by atoms with Gasteiger partial charge in [-0.1, -0.05) is 38.1 Å². The number of methoxy groups -OCH3 is 1.